The molecule has 1 saturated heterocycles. The van der Waals surface area contributed by atoms with Gasteiger partial charge in [0.25, 0.3) is 0 Å². The molecule has 7 heteroatoms. The number of nitrogens with one attached hydrogen (secondary N) is 2. The molecule has 21 heavy (non-hydrogen) atoms. The number of carbonyl (C=O) groups is 2. The number of hydrogen-bond acceptors (Lipinski definition) is 4. The summed E-state index contributed by atoms with van der Waals surface area (Å²) in [6, 6.07) is -0.459. The van der Waals surface area contributed by atoms with E-state index in [1.54, 1.807) is 0 Å². The van der Waals surface area contributed by atoms with E-state index in [1.807, 2.05) is 13.8 Å². The molecule has 0 bridgehead atoms. The van der Waals surface area contributed by atoms with E-state index >= 15 is 0 Å². The molecular weight excluding hydrogens is 292 g/mol. The summed E-state index contributed by atoms with van der Waals surface area (Å²) in [6.45, 7) is 9.91. The van der Waals surface area contributed by atoms with Crippen LogP contribution in [0.4, 0.5) is 0 Å². The van der Waals surface area contributed by atoms with Gasteiger partial charge in [0.15, 0.2) is 9.84 Å². The highest BCUT2D eigenvalue weighted by Gasteiger charge is 2.33. The maximum atomic E-state index is 11.9. The van der Waals surface area contributed by atoms with Crippen LogP contribution in [0.15, 0.2) is 0 Å². The summed E-state index contributed by atoms with van der Waals surface area (Å²) in [6.07, 6.45) is 1.09. The molecule has 0 radical (unpaired) electrons. The standard InChI is InChI=1S/C14H26N2O4S/c1-13(2,3)9-14(4,5)16-12(18)11(17)15-10-6-7-21(19,20)8-10/h10H,6-9H2,1-5H3,(H,15,17)(H,16,18). The Hall–Kier alpha value is -1.11. The van der Waals surface area contributed by atoms with Crippen LogP contribution in [0.3, 0.4) is 0 Å². The molecule has 1 heterocycles. The molecule has 0 spiro atoms. The van der Waals surface area contributed by atoms with Gasteiger partial charge in [0.1, 0.15) is 0 Å². The summed E-state index contributed by atoms with van der Waals surface area (Å²) in [5.41, 5.74) is -0.485. The number of sulfone groups is 1. The molecule has 0 aromatic heterocycles. The van der Waals surface area contributed by atoms with E-state index in [9.17, 15) is 18.0 Å². The Bertz CT molecular complexity index is 518. The summed E-state index contributed by atoms with van der Waals surface area (Å²) in [4.78, 5) is 23.8. The minimum atomic E-state index is -3.07. The molecule has 2 N–H and O–H groups in total. The molecule has 0 saturated carbocycles. The smallest absolute Gasteiger partial charge is 0.309 e. The van der Waals surface area contributed by atoms with E-state index in [4.69, 9.17) is 0 Å². The fourth-order valence-corrected chi connectivity index (χ4v) is 4.57. The second kappa shape index (κ2) is 5.94. The van der Waals surface area contributed by atoms with E-state index < -0.39 is 33.2 Å². The van der Waals surface area contributed by atoms with Crippen molar-refractivity contribution in [1.29, 1.82) is 0 Å². The topological polar surface area (TPSA) is 92.3 Å². The van der Waals surface area contributed by atoms with Crippen LogP contribution in [0.1, 0.15) is 47.5 Å². The SMILES string of the molecule is CC(C)(C)CC(C)(C)NC(=O)C(=O)NC1CCS(=O)(=O)C1. The van der Waals surface area contributed by atoms with Crippen LogP contribution in [-0.2, 0) is 19.4 Å². The van der Waals surface area contributed by atoms with Crippen molar-refractivity contribution in [1.82, 2.24) is 10.6 Å². The fourth-order valence-electron chi connectivity index (χ4n) is 2.89. The van der Waals surface area contributed by atoms with Gasteiger partial charge >= 0.3 is 11.8 Å². The van der Waals surface area contributed by atoms with E-state index in [-0.39, 0.29) is 16.9 Å². The Morgan fingerprint density at radius 1 is 1.10 bits per heavy atom. The highest BCUT2D eigenvalue weighted by atomic mass is 32.2. The van der Waals surface area contributed by atoms with Gasteiger partial charge in [-0.3, -0.25) is 9.59 Å². The second-order valence-electron chi connectivity index (χ2n) is 7.65. The summed E-state index contributed by atoms with van der Waals surface area (Å²) >= 11 is 0. The maximum absolute atomic E-state index is 11.9. The highest BCUT2D eigenvalue weighted by molar-refractivity contribution is 7.91. The van der Waals surface area contributed by atoms with Crippen LogP contribution in [0.2, 0.25) is 0 Å². The molecule has 1 atom stereocenters. The molecule has 1 aliphatic heterocycles. The lowest BCUT2D eigenvalue weighted by molar-refractivity contribution is -0.140. The Morgan fingerprint density at radius 2 is 1.67 bits per heavy atom. The van der Waals surface area contributed by atoms with Gasteiger partial charge in [-0.25, -0.2) is 8.42 Å². The molecule has 1 aliphatic rings. The summed E-state index contributed by atoms with van der Waals surface area (Å²) < 4.78 is 22.7. The zero-order chi connectivity index (χ0) is 16.5. The van der Waals surface area contributed by atoms with Crippen molar-refractivity contribution in [3.63, 3.8) is 0 Å². The Labute approximate surface area is 127 Å². The normalized spacial score (nSPS) is 21.9. The molecule has 1 unspecified atom stereocenters. The van der Waals surface area contributed by atoms with Crippen molar-refractivity contribution in [2.24, 2.45) is 5.41 Å². The predicted molar refractivity (Wildman–Crippen MR) is 81.5 cm³/mol. The minimum Gasteiger partial charge on any atom is -0.344 e. The van der Waals surface area contributed by atoms with Crippen LogP contribution < -0.4 is 10.6 Å². The van der Waals surface area contributed by atoms with Gasteiger partial charge in [-0.2, -0.15) is 0 Å². The average molecular weight is 318 g/mol. The monoisotopic (exact) mass is 318 g/mol. The summed E-state index contributed by atoms with van der Waals surface area (Å²) in [5, 5.41) is 5.20. The van der Waals surface area contributed by atoms with Crippen LogP contribution in [0.5, 0.6) is 0 Å². The molecular formula is C14H26N2O4S. The summed E-state index contributed by atoms with van der Waals surface area (Å²) in [7, 11) is -3.07. The van der Waals surface area contributed by atoms with Crippen LogP contribution >= 0.6 is 0 Å². The molecule has 1 fully saturated rings. The molecule has 1 rings (SSSR count). The first-order chi connectivity index (χ1) is 9.30. The largest absolute Gasteiger partial charge is 0.344 e. The lowest BCUT2D eigenvalue weighted by Gasteiger charge is -2.33. The van der Waals surface area contributed by atoms with E-state index in [1.165, 1.54) is 0 Å². The summed E-state index contributed by atoms with van der Waals surface area (Å²) in [5.74, 6) is -1.50. The van der Waals surface area contributed by atoms with Crippen LogP contribution in [0.25, 0.3) is 0 Å². The lowest BCUT2D eigenvalue weighted by atomic mass is 9.82. The first-order valence-electron chi connectivity index (χ1n) is 7.13. The molecule has 0 aromatic carbocycles. The van der Waals surface area contributed by atoms with Crippen molar-refractivity contribution in [2.75, 3.05) is 11.5 Å². The first-order valence-corrected chi connectivity index (χ1v) is 8.95. The second-order valence-corrected chi connectivity index (χ2v) is 9.88. The third kappa shape index (κ3) is 6.46. The predicted octanol–water partition coefficient (Wildman–Crippen LogP) is 0.621. The number of carbonyl (C=O) groups excluding carboxylic acids is 2. The lowest BCUT2D eigenvalue weighted by Crippen LogP contribution is -2.52. The highest BCUT2D eigenvalue weighted by Crippen LogP contribution is 2.26. The molecule has 2 amide bonds. The Morgan fingerprint density at radius 3 is 2.10 bits per heavy atom. The number of amides is 2. The maximum Gasteiger partial charge on any atom is 0.309 e. The average Bonchev–Trinajstić information content (AvgIpc) is 2.53. The van der Waals surface area contributed by atoms with Crippen molar-refractivity contribution >= 4 is 21.7 Å². The van der Waals surface area contributed by atoms with Crippen molar-refractivity contribution in [3.8, 4) is 0 Å². The van der Waals surface area contributed by atoms with Crippen LogP contribution in [-0.4, -0.2) is 43.3 Å². The van der Waals surface area contributed by atoms with Crippen molar-refractivity contribution in [3.05, 3.63) is 0 Å². The van der Waals surface area contributed by atoms with Gasteiger partial charge in [0.05, 0.1) is 11.5 Å². The molecule has 122 valence electrons. The van der Waals surface area contributed by atoms with E-state index in [2.05, 4.69) is 31.4 Å². The first kappa shape index (κ1) is 17.9. The van der Waals surface area contributed by atoms with Gasteiger partial charge < -0.3 is 10.6 Å². The molecule has 0 aliphatic carbocycles. The third-order valence-electron chi connectivity index (χ3n) is 3.20. The van der Waals surface area contributed by atoms with Crippen LogP contribution in [0, 0.1) is 5.41 Å². The Kier molecular flexibility index (Phi) is 5.08. The minimum absolute atomic E-state index is 0.0206. The zero-order valence-corrected chi connectivity index (χ0v) is 14.3. The van der Waals surface area contributed by atoms with Gasteiger partial charge in [0, 0.05) is 11.6 Å². The Balaban J connectivity index is 2.54. The molecule has 6 nitrogen and oxygen atoms in total. The van der Waals surface area contributed by atoms with Gasteiger partial charge in [0.2, 0.25) is 0 Å². The fraction of sp³-hybridized carbons (Fsp3) is 0.857. The van der Waals surface area contributed by atoms with E-state index in [0.717, 1.165) is 6.42 Å². The van der Waals surface area contributed by atoms with Gasteiger partial charge in [-0.15, -0.1) is 0 Å². The van der Waals surface area contributed by atoms with Crippen molar-refractivity contribution in [2.45, 2.75) is 59.0 Å². The molecule has 0 aromatic rings. The van der Waals surface area contributed by atoms with Gasteiger partial charge in [-0.05, 0) is 32.1 Å². The third-order valence-corrected chi connectivity index (χ3v) is 4.97. The van der Waals surface area contributed by atoms with Crippen molar-refractivity contribution < 1.29 is 18.0 Å². The van der Waals surface area contributed by atoms with E-state index in [0.29, 0.717) is 6.42 Å². The quantitative estimate of drug-likeness (QED) is 0.746. The number of hydrogen-bond donors (Lipinski definition) is 2. The number of rotatable bonds is 3. The zero-order valence-electron chi connectivity index (χ0n) is 13.4. The van der Waals surface area contributed by atoms with Gasteiger partial charge in [-0.1, -0.05) is 20.8 Å².